The van der Waals surface area contributed by atoms with Crippen molar-refractivity contribution < 1.29 is 13.9 Å². The summed E-state index contributed by atoms with van der Waals surface area (Å²) in [5.41, 5.74) is 6.02. The third-order valence-corrected chi connectivity index (χ3v) is 4.41. The van der Waals surface area contributed by atoms with E-state index in [0.29, 0.717) is 17.0 Å². The number of halogens is 2. The van der Waals surface area contributed by atoms with Crippen molar-refractivity contribution >= 4 is 21.8 Å². The van der Waals surface area contributed by atoms with Crippen LogP contribution in [0, 0.1) is 11.7 Å². The summed E-state index contributed by atoms with van der Waals surface area (Å²) in [5, 5.41) is 2.77. The van der Waals surface area contributed by atoms with Gasteiger partial charge in [-0.15, -0.1) is 0 Å². The Morgan fingerprint density at radius 2 is 2.32 bits per heavy atom. The van der Waals surface area contributed by atoms with Crippen molar-refractivity contribution in [2.24, 2.45) is 11.7 Å². The van der Waals surface area contributed by atoms with E-state index in [4.69, 9.17) is 10.5 Å². The van der Waals surface area contributed by atoms with Crippen molar-refractivity contribution in [2.75, 3.05) is 6.61 Å². The first-order valence-electron chi connectivity index (χ1n) is 6.21. The number of amides is 1. The molecule has 3 rings (SSSR count). The molecule has 4 nitrogen and oxygen atoms in total. The molecular weight excluding hydrogens is 315 g/mol. The van der Waals surface area contributed by atoms with Gasteiger partial charge in [0.1, 0.15) is 5.82 Å². The van der Waals surface area contributed by atoms with Gasteiger partial charge in [0, 0.05) is 23.0 Å². The average molecular weight is 329 g/mol. The largest absolute Gasteiger partial charge is 0.376 e. The molecule has 1 aliphatic carbocycles. The lowest BCUT2D eigenvalue weighted by molar-refractivity contribution is -0.0161. The van der Waals surface area contributed by atoms with Crippen LogP contribution < -0.4 is 11.1 Å². The van der Waals surface area contributed by atoms with Gasteiger partial charge in [0.15, 0.2) is 0 Å². The molecular formula is C13H14BrFN2O2. The maximum Gasteiger partial charge on any atom is 0.254 e. The highest BCUT2D eigenvalue weighted by Gasteiger charge is 2.52. The van der Waals surface area contributed by atoms with Crippen LogP contribution in [0.25, 0.3) is 0 Å². The number of fused-ring (bicyclic) bond motifs is 1. The van der Waals surface area contributed by atoms with E-state index in [-0.39, 0.29) is 23.8 Å². The molecule has 0 bridgehead atoms. The summed E-state index contributed by atoms with van der Waals surface area (Å²) in [6.45, 7) is 0.681. The quantitative estimate of drug-likeness (QED) is 0.863. The van der Waals surface area contributed by atoms with Crippen LogP contribution in [0.3, 0.4) is 0 Å². The maximum atomic E-state index is 13.6. The second kappa shape index (κ2) is 4.85. The Morgan fingerprint density at radius 1 is 1.53 bits per heavy atom. The summed E-state index contributed by atoms with van der Waals surface area (Å²) in [4.78, 5) is 12.1. The summed E-state index contributed by atoms with van der Waals surface area (Å²) >= 11 is 3.22. The van der Waals surface area contributed by atoms with Crippen LogP contribution in [-0.4, -0.2) is 30.7 Å². The predicted molar refractivity (Wildman–Crippen MR) is 71.2 cm³/mol. The first-order chi connectivity index (χ1) is 9.08. The molecule has 1 saturated heterocycles. The van der Waals surface area contributed by atoms with Crippen molar-refractivity contribution in [1.82, 2.24) is 5.32 Å². The number of carbonyl (C=O) groups is 1. The molecule has 6 heteroatoms. The molecule has 2 fully saturated rings. The number of benzene rings is 1. The molecule has 2 aliphatic rings. The minimum Gasteiger partial charge on any atom is -0.376 e. The molecule has 4 unspecified atom stereocenters. The molecule has 0 spiro atoms. The summed E-state index contributed by atoms with van der Waals surface area (Å²) in [5.74, 6) is -0.677. The summed E-state index contributed by atoms with van der Waals surface area (Å²) in [6.07, 6.45) is 0.915. The highest BCUT2D eigenvalue weighted by atomic mass is 79.9. The SMILES string of the molecule is NC1C2CCOC2C1NC(=O)c1cc(Br)ccc1F. The van der Waals surface area contributed by atoms with Gasteiger partial charge in [-0.2, -0.15) is 0 Å². The average Bonchev–Trinajstić information content (AvgIpc) is 2.83. The highest BCUT2D eigenvalue weighted by Crippen LogP contribution is 2.37. The standard InChI is InChI=1S/C13H14BrFN2O2/c14-6-1-2-9(15)8(5-6)13(18)17-11-10(16)7-3-4-19-12(7)11/h1-2,5,7,10-12H,3-4,16H2,(H,17,18). The van der Waals surface area contributed by atoms with Gasteiger partial charge in [0.05, 0.1) is 17.7 Å². The van der Waals surface area contributed by atoms with Crippen LogP contribution in [0.5, 0.6) is 0 Å². The van der Waals surface area contributed by atoms with E-state index in [9.17, 15) is 9.18 Å². The molecule has 19 heavy (non-hydrogen) atoms. The summed E-state index contributed by atoms with van der Waals surface area (Å²) < 4.78 is 19.8. The molecule has 3 N–H and O–H groups in total. The van der Waals surface area contributed by atoms with Gasteiger partial charge < -0.3 is 15.8 Å². The third kappa shape index (κ3) is 2.17. The Morgan fingerprint density at radius 3 is 3.11 bits per heavy atom. The van der Waals surface area contributed by atoms with Crippen molar-refractivity contribution in [1.29, 1.82) is 0 Å². The van der Waals surface area contributed by atoms with Crippen molar-refractivity contribution in [2.45, 2.75) is 24.6 Å². The third-order valence-electron chi connectivity index (χ3n) is 3.92. The molecule has 102 valence electrons. The monoisotopic (exact) mass is 328 g/mol. The Bertz CT molecular complexity index is 525. The van der Waals surface area contributed by atoms with Gasteiger partial charge in [-0.3, -0.25) is 4.79 Å². The van der Waals surface area contributed by atoms with Gasteiger partial charge >= 0.3 is 0 Å². The number of rotatable bonds is 2. The van der Waals surface area contributed by atoms with Crippen molar-refractivity contribution in [3.8, 4) is 0 Å². The normalized spacial score (nSPS) is 32.6. The molecule has 1 aromatic carbocycles. The van der Waals surface area contributed by atoms with E-state index in [1.165, 1.54) is 12.1 Å². The zero-order valence-corrected chi connectivity index (χ0v) is 11.7. The van der Waals surface area contributed by atoms with E-state index < -0.39 is 11.7 Å². The number of nitrogens with two attached hydrogens (primary N) is 1. The van der Waals surface area contributed by atoms with Crippen molar-refractivity contribution in [3.05, 3.63) is 34.1 Å². The topological polar surface area (TPSA) is 64.3 Å². The summed E-state index contributed by atoms with van der Waals surface area (Å²) in [6, 6.07) is 3.94. The van der Waals surface area contributed by atoms with Crippen LogP contribution >= 0.6 is 15.9 Å². The first-order valence-corrected chi connectivity index (χ1v) is 7.00. The molecule has 4 atom stereocenters. The number of nitrogens with one attached hydrogen (secondary N) is 1. The number of hydrogen-bond acceptors (Lipinski definition) is 3. The number of ether oxygens (including phenoxy) is 1. The van der Waals surface area contributed by atoms with Crippen LogP contribution in [0.4, 0.5) is 4.39 Å². The van der Waals surface area contributed by atoms with Gasteiger partial charge in [-0.25, -0.2) is 4.39 Å². The fourth-order valence-corrected chi connectivity index (χ4v) is 3.19. The molecule has 0 aromatic heterocycles. The fraction of sp³-hybridized carbons (Fsp3) is 0.462. The first kappa shape index (κ1) is 13.0. The smallest absolute Gasteiger partial charge is 0.254 e. The van der Waals surface area contributed by atoms with E-state index in [1.807, 2.05) is 0 Å². The van der Waals surface area contributed by atoms with E-state index >= 15 is 0 Å². The van der Waals surface area contributed by atoms with Gasteiger partial charge in [-0.1, -0.05) is 15.9 Å². The molecule has 1 aromatic rings. The van der Waals surface area contributed by atoms with Crippen molar-refractivity contribution in [3.63, 3.8) is 0 Å². The van der Waals surface area contributed by atoms with Crippen LogP contribution in [0.15, 0.2) is 22.7 Å². The molecule has 1 saturated carbocycles. The van der Waals surface area contributed by atoms with Crippen LogP contribution in [0.2, 0.25) is 0 Å². The Labute approximate surface area is 118 Å². The minimum atomic E-state index is -0.544. The van der Waals surface area contributed by atoms with Crippen LogP contribution in [-0.2, 0) is 4.74 Å². The second-order valence-electron chi connectivity index (χ2n) is 4.99. The Hall–Kier alpha value is -0.980. The lowest BCUT2D eigenvalue weighted by atomic mass is 9.72. The van der Waals surface area contributed by atoms with Gasteiger partial charge in [0.25, 0.3) is 5.91 Å². The predicted octanol–water partition coefficient (Wildman–Crippen LogP) is 1.43. The van der Waals surface area contributed by atoms with Gasteiger partial charge in [0.2, 0.25) is 0 Å². The lowest BCUT2D eigenvalue weighted by Gasteiger charge is -2.45. The van der Waals surface area contributed by atoms with E-state index in [1.54, 1.807) is 6.07 Å². The highest BCUT2D eigenvalue weighted by molar-refractivity contribution is 9.10. The fourth-order valence-electron chi connectivity index (χ4n) is 2.83. The molecule has 1 amide bonds. The zero-order chi connectivity index (χ0) is 13.6. The molecule has 1 aliphatic heterocycles. The number of hydrogen-bond donors (Lipinski definition) is 2. The van der Waals surface area contributed by atoms with E-state index in [0.717, 1.165) is 6.42 Å². The molecule has 1 heterocycles. The van der Waals surface area contributed by atoms with Crippen LogP contribution in [0.1, 0.15) is 16.8 Å². The molecule has 0 radical (unpaired) electrons. The minimum absolute atomic E-state index is 0.0167. The summed E-state index contributed by atoms with van der Waals surface area (Å²) in [7, 11) is 0. The number of carbonyl (C=O) groups excluding carboxylic acids is 1. The Kier molecular flexibility index (Phi) is 3.32. The Balaban J connectivity index is 1.73. The maximum absolute atomic E-state index is 13.6. The van der Waals surface area contributed by atoms with E-state index in [2.05, 4.69) is 21.2 Å². The van der Waals surface area contributed by atoms with Gasteiger partial charge in [-0.05, 0) is 24.6 Å². The lowest BCUT2D eigenvalue weighted by Crippen LogP contribution is -2.69. The zero-order valence-electron chi connectivity index (χ0n) is 10.1. The second-order valence-corrected chi connectivity index (χ2v) is 5.90.